The molecule has 2 heteroatoms. The predicted molar refractivity (Wildman–Crippen MR) is 98.5 cm³/mol. The van der Waals surface area contributed by atoms with Crippen molar-refractivity contribution in [1.82, 2.24) is 0 Å². The van der Waals surface area contributed by atoms with E-state index in [-0.39, 0.29) is 11.3 Å². The van der Waals surface area contributed by atoms with Crippen LogP contribution >= 0.6 is 0 Å². The molecule has 0 unspecified atom stereocenters. The molecule has 2 rings (SSSR count). The lowest BCUT2D eigenvalue weighted by atomic mass is 9.83. The molecule has 2 aromatic rings. The number of nitrogens with zero attached hydrogens (tertiary/aromatic N) is 1. The molecule has 2 aromatic carbocycles. The van der Waals surface area contributed by atoms with Crippen molar-refractivity contribution < 1.29 is 4.79 Å². The molecule has 0 aliphatic rings. The van der Waals surface area contributed by atoms with Gasteiger partial charge in [-0.1, -0.05) is 65.0 Å². The summed E-state index contributed by atoms with van der Waals surface area (Å²) in [4.78, 5) is 14.2. The van der Waals surface area contributed by atoms with Crippen LogP contribution in [0, 0.1) is 0 Å². The summed E-state index contributed by atoms with van der Waals surface area (Å²) in [6.45, 7) is 12.6. The Bertz CT molecular complexity index is 681. The predicted octanol–water partition coefficient (Wildman–Crippen LogP) is 5.79. The maximum atomic E-state index is 12.4. The van der Waals surface area contributed by atoms with Gasteiger partial charge in [0.05, 0.1) is 5.69 Å². The summed E-state index contributed by atoms with van der Waals surface area (Å²) in [5.74, 6) is 0.492. The van der Waals surface area contributed by atoms with Crippen molar-refractivity contribution in [2.24, 2.45) is 0 Å². The second-order valence-electron chi connectivity index (χ2n) is 7.37. The number of amides is 1. The van der Waals surface area contributed by atoms with Gasteiger partial charge in [-0.05, 0) is 40.7 Å². The van der Waals surface area contributed by atoms with Gasteiger partial charge < -0.3 is 0 Å². The highest BCUT2D eigenvalue weighted by molar-refractivity contribution is 6.00. The minimum Gasteiger partial charge on any atom is -0.281 e. The molecule has 0 spiro atoms. The first kappa shape index (κ1) is 17.3. The lowest BCUT2D eigenvalue weighted by molar-refractivity contribution is -0.115. The van der Waals surface area contributed by atoms with Gasteiger partial charge >= 0.3 is 0 Å². The van der Waals surface area contributed by atoms with E-state index in [2.05, 4.69) is 52.8 Å². The molecule has 122 valence electrons. The second kappa shape index (κ2) is 6.57. The van der Waals surface area contributed by atoms with Crippen LogP contribution in [-0.2, 0) is 10.2 Å². The molecule has 0 saturated heterocycles. The van der Waals surface area contributed by atoms with Crippen molar-refractivity contribution in [3.63, 3.8) is 0 Å². The number of rotatable bonds is 3. The van der Waals surface area contributed by atoms with E-state index in [0.29, 0.717) is 5.92 Å². The smallest absolute Gasteiger partial charge is 0.228 e. The fourth-order valence-electron chi connectivity index (χ4n) is 2.78. The normalized spacial score (nSPS) is 11.6. The van der Waals surface area contributed by atoms with E-state index < -0.39 is 0 Å². The molecule has 0 N–H and O–H groups in total. The summed E-state index contributed by atoms with van der Waals surface area (Å²) in [7, 11) is 0. The fraction of sp³-hybridized carbons (Fsp3) is 0.381. The third-order valence-electron chi connectivity index (χ3n) is 4.07. The van der Waals surface area contributed by atoms with E-state index in [9.17, 15) is 4.79 Å². The third kappa shape index (κ3) is 3.82. The molecular weight excluding hydrogens is 282 g/mol. The average molecular weight is 309 g/mol. The zero-order valence-corrected chi connectivity index (χ0v) is 15.1. The van der Waals surface area contributed by atoms with Crippen LogP contribution in [0.4, 0.5) is 11.4 Å². The Hall–Kier alpha value is -2.09. The van der Waals surface area contributed by atoms with Gasteiger partial charge in [0.2, 0.25) is 5.91 Å². The van der Waals surface area contributed by atoms with Crippen molar-refractivity contribution in [2.45, 2.75) is 52.9 Å². The van der Waals surface area contributed by atoms with Crippen molar-refractivity contribution in [3.05, 3.63) is 59.7 Å². The van der Waals surface area contributed by atoms with Crippen molar-refractivity contribution in [1.29, 1.82) is 0 Å². The van der Waals surface area contributed by atoms with Crippen LogP contribution < -0.4 is 4.90 Å². The number of benzene rings is 2. The van der Waals surface area contributed by atoms with E-state index in [1.54, 1.807) is 6.92 Å². The topological polar surface area (TPSA) is 20.3 Å². The number of para-hydroxylation sites is 1. The van der Waals surface area contributed by atoms with Crippen molar-refractivity contribution in [3.8, 4) is 0 Å². The third-order valence-corrected chi connectivity index (χ3v) is 4.07. The summed E-state index contributed by atoms with van der Waals surface area (Å²) in [5, 5.41) is 0. The summed E-state index contributed by atoms with van der Waals surface area (Å²) < 4.78 is 0. The van der Waals surface area contributed by atoms with Gasteiger partial charge in [0.25, 0.3) is 0 Å². The van der Waals surface area contributed by atoms with E-state index in [0.717, 1.165) is 11.4 Å². The van der Waals surface area contributed by atoms with E-state index in [1.165, 1.54) is 11.1 Å². The molecule has 0 bridgehead atoms. The highest BCUT2D eigenvalue weighted by Crippen LogP contribution is 2.37. The number of hydrogen-bond acceptors (Lipinski definition) is 1. The SMILES string of the molecule is CC(=O)N(c1ccccc1)c1ccc(C(C)C)cc1C(C)(C)C. The molecule has 23 heavy (non-hydrogen) atoms. The Kier molecular flexibility index (Phi) is 4.93. The number of anilines is 2. The molecule has 2 nitrogen and oxygen atoms in total. The first-order valence-electron chi connectivity index (χ1n) is 8.22. The summed E-state index contributed by atoms with van der Waals surface area (Å²) in [6.07, 6.45) is 0. The maximum Gasteiger partial charge on any atom is 0.228 e. The van der Waals surface area contributed by atoms with E-state index >= 15 is 0 Å². The molecule has 0 aliphatic carbocycles. The molecule has 0 atom stereocenters. The van der Waals surface area contributed by atoms with Crippen LogP contribution in [0.15, 0.2) is 48.5 Å². The molecule has 1 amide bonds. The quantitative estimate of drug-likeness (QED) is 0.702. The summed E-state index contributed by atoms with van der Waals surface area (Å²) in [5.41, 5.74) is 4.34. The van der Waals surface area contributed by atoms with Gasteiger partial charge in [0, 0.05) is 12.6 Å². The van der Waals surface area contributed by atoms with Gasteiger partial charge in [-0.25, -0.2) is 0 Å². The first-order valence-corrected chi connectivity index (χ1v) is 8.22. The van der Waals surface area contributed by atoms with Crippen LogP contribution in [0.25, 0.3) is 0 Å². The van der Waals surface area contributed by atoms with Crippen molar-refractivity contribution in [2.75, 3.05) is 4.90 Å². The number of hydrogen-bond donors (Lipinski definition) is 0. The molecular formula is C21H27NO. The monoisotopic (exact) mass is 309 g/mol. The van der Waals surface area contributed by atoms with Gasteiger partial charge in [-0.3, -0.25) is 9.69 Å². The number of carbonyl (C=O) groups excluding carboxylic acids is 1. The van der Waals surface area contributed by atoms with Gasteiger partial charge in [-0.2, -0.15) is 0 Å². The Morgan fingerprint density at radius 1 is 1.00 bits per heavy atom. The van der Waals surface area contributed by atoms with Gasteiger partial charge in [0.1, 0.15) is 0 Å². The Balaban J connectivity index is 2.66. The van der Waals surface area contributed by atoms with Crippen LogP contribution in [-0.4, -0.2) is 5.91 Å². The first-order chi connectivity index (χ1) is 10.7. The highest BCUT2D eigenvalue weighted by Gasteiger charge is 2.25. The van der Waals surface area contributed by atoms with Crippen LogP contribution in [0.2, 0.25) is 0 Å². The zero-order chi connectivity index (χ0) is 17.2. The molecule has 0 fully saturated rings. The highest BCUT2D eigenvalue weighted by atomic mass is 16.2. The lowest BCUT2D eigenvalue weighted by Gasteiger charge is -2.30. The Morgan fingerprint density at radius 2 is 1.61 bits per heavy atom. The van der Waals surface area contributed by atoms with Gasteiger partial charge in [0.15, 0.2) is 0 Å². The maximum absolute atomic E-state index is 12.4. The van der Waals surface area contributed by atoms with Gasteiger partial charge in [-0.15, -0.1) is 0 Å². The average Bonchev–Trinajstić information content (AvgIpc) is 2.47. The number of carbonyl (C=O) groups is 1. The molecule has 0 saturated carbocycles. The second-order valence-corrected chi connectivity index (χ2v) is 7.37. The molecule has 0 aromatic heterocycles. The standard InChI is InChI=1S/C21H27NO/c1-15(2)17-12-13-20(19(14-17)21(4,5)6)22(16(3)23)18-10-8-7-9-11-18/h7-15H,1-6H3. The minimum absolute atomic E-state index is 0.0268. The lowest BCUT2D eigenvalue weighted by Crippen LogP contribution is -2.26. The van der Waals surface area contributed by atoms with E-state index in [4.69, 9.17) is 0 Å². The largest absolute Gasteiger partial charge is 0.281 e. The summed E-state index contributed by atoms with van der Waals surface area (Å²) >= 11 is 0. The Morgan fingerprint density at radius 3 is 2.09 bits per heavy atom. The molecule has 0 heterocycles. The minimum atomic E-state index is -0.0390. The zero-order valence-electron chi connectivity index (χ0n) is 15.1. The van der Waals surface area contributed by atoms with Crippen molar-refractivity contribution >= 4 is 17.3 Å². The van der Waals surface area contributed by atoms with Crippen LogP contribution in [0.3, 0.4) is 0 Å². The molecule has 0 radical (unpaired) electrons. The Labute approximate surface area is 140 Å². The van der Waals surface area contributed by atoms with Crippen LogP contribution in [0.1, 0.15) is 58.6 Å². The summed E-state index contributed by atoms with van der Waals surface area (Å²) in [6, 6.07) is 16.3. The fourth-order valence-corrected chi connectivity index (χ4v) is 2.78. The van der Waals surface area contributed by atoms with E-state index in [1.807, 2.05) is 35.2 Å². The molecule has 0 aliphatic heterocycles. The van der Waals surface area contributed by atoms with Crippen LogP contribution in [0.5, 0.6) is 0 Å².